The Bertz CT molecular complexity index is 285. The quantitative estimate of drug-likeness (QED) is 0.796. The van der Waals surface area contributed by atoms with Crippen molar-refractivity contribution in [2.75, 3.05) is 7.05 Å². The lowest BCUT2D eigenvalue weighted by molar-refractivity contribution is 0.442. The van der Waals surface area contributed by atoms with E-state index in [0.717, 1.165) is 11.4 Å². The van der Waals surface area contributed by atoms with E-state index in [0.29, 0.717) is 12.0 Å². The molecule has 2 heteroatoms. The van der Waals surface area contributed by atoms with Crippen molar-refractivity contribution >= 4 is 0 Å². The summed E-state index contributed by atoms with van der Waals surface area (Å²) in [6.07, 6.45) is 0. The van der Waals surface area contributed by atoms with Gasteiger partial charge in [0.15, 0.2) is 0 Å². The number of nitrogens with zero attached hydrogens (tertiary/aromatic N) is 1. The summed E-state index contributed by atoms with van der Waals surface area (Å²) in [5, 5.41) is 3.34. The second kappa shape index (κ2) is 4.56. The molecule has 1 rings (SSSR count). The molecule has 1 aromatic heterocycles. The smallest absolute Gasteiger partial charge is 0.0379 e. The third-order valence-electron chi connectivity index (χ3n) is 2.44. The average molecular weight is 192 g/mol. The minimum absolute atomic E-state index is 0.426. The molecule has 0 saturated carbocycles. The molecule has 0 saturated heterocycles. The van der Waals surface area contributed by atoms with E-state index in [1.807, 2.05) is 20.9 Å². The van der Waals surface area contributed by atoms with Crippen molar-refractivity contribution in [3.8, 4) is 0 Å². The summed E-state index contributed by atoms with van der Waals surface area (Å²) in [6.45, 7) is 8.55. The van der Waals surface area contributed by atoms with Crippen molar-refractivity contribution in [3.05, 3.63) is 29.1 Å². The molecular formula is C12H20N2. The summed E-state index contributed by atoms with van der Waals surface area (Å²) >= 11 is 0. The maximum atomic E-state index is 4.38. The normalized spacial score (nSPS) is 13.3. The molecule has 1 atom stereocenters. The Labute approximate surface area is 86.8 Å². The van der Waals surface area contributed by atoms with E-state index in [-0.39, 0.29) is 0 Å². The fourth-order valence-corrected chi connectivity index (χ4v) is 1.93. The molecule has 14 heavy (non-hydrogen) atoms. The van der Waals surface area contributed by atoms with E-state index >= 15 is 0 Å². The summed E-state index contributed by atoms with van der Waals surface area (Å²) in [5.74, 6) is 0.598. The molecule has 0 aliphatic rings. The summed E-state index contributed by atoms with van der Waals surface area (Å²) < 4.78 is 0. The highest BCUT2D eigenvalue weighted by Crippen LogP contribution is 2.21. The van der Waals surface area contributed by atoms with Gasteiger partial charge in [0.2, 0.25) is 0 Å². The van der Waals surface area contributed by atoms with Crippen molar-refractivity contribution in [1.29, 1.82) is 0 Å². The predicted molar refractivity (Wildman–Crippen MR) is 60.3 cm³/mol. The van der Waals surface area contributed by atoms with E-state index in [1.165, 1.54) is 5.56 Å². The van der Waals surface area contributed by atoms with Gasteiger partial charge in [-0.25, -0.2) is 0 Å². The van der Waals surface area contributed by atoms with Gasteiger partial charge in [-0.15, -0.1) is 0 Å². The molecule has 2 nitrogen and oxygen atoms in total. The van der Waals surface area contributed by atoms with Gasteiger partial charge in [0.25, 0.3) is 0 Å². The Morgan fingerprint density at radius 1 is 1.14 bits per heavy atom. The molecule has 0 aliphatic carbocycles. The largest absolute Gasteiger partial charge is 0.313 e. The van der Waals surface area contributed by atoms with Gasteiger partial charge in [-0.1, -0.05) is 13.8 Å². The fraction of sp³-hybridized carbons (Fsp3) is 0.583. The van der Waals surface area contributed by atoms with Gasteiger partial charge >= 0.3 is 0 Å². The number of hydrogen-bond acceptors (Lipinski definition) is 2. The molecule has 1 N–H and O–H groups in total. The molecule has 0 amide bonds. The van der Waals surface area contributed by atoms with Gasteiger partial charge in [0.1, 0.15) is 0 Å². The minimum atomic E-state index is 0.426. The number of pyridine rings is 1. The van der Waals surface area contributed by atoms with Crippen LogP contribution in [0.3, 0.4) is 0 Å². The molecule has 1 heterocycles. The van der Waals surface area contributed by atoms with Gasteiger partial charge in [0, 0.05) is 17.4 Å². The summed E-state index contributed by atoms with van der Waals surface area (Å²) in [4.78, 5) is 4.38. The molecule has 0 fully saturated rings. The zero-order chi connectivity index (χ0) is 10.7. The Kier molecular flexibility index (Phi) is 3.64. The van der Waals surface area contributed by atoms with Crippen molar-refractivity contribution in [3.63, 3.8) is 0 Å². The molecule has 0 spiro atoms. The van der Waals surface area contributed by atoms with Crippen LogP contribution in [0.15, 0.2) is 12.1 Å². The summed E-state index contributed by atoms with van der Waals surface area (Å²) in [5.41, 5.74) is 3.54. The van der Waals surface area contributed by atoms with Crippen LogP contribution >= 0.6 is 0 Å². The fourth-order valence-electron chi connectivity index (χ4n) is 1.93. The van der Waals surface area contributed by atoms with Crippen LogP contribution in [0, 0.1) is 19.8 Å². The lowest BCUT2D eigenvalue weighted by Crippen LogP contribution is -2.22. The predicted octanol–water partition coefficient (Wildman–Crippen LogP) is 2.61. The van der Waals surface area contributed by atoms with E-state index in [2.05, 4.69) is 36.3 Å². The highest BCUT2D eigenvalue weighted by Gasteiger charge is 2.13. The zero-order valence-corrected chi connectivity index (χ0v) is 9.76. The van der Waals surface area contributed by atoms with Crippen LogP contribution < -0.4 is 5.32 Å². The Morgan fingerprint density at radius 2 is 1.64 bits per heavy atom. The van der Waals surface area contributed by atoms with Crippen LogP contribution in [0.5, 0.6) is 0 Å². The maximum Gasteiger partial charge on any atom is 0.0379 e. The molecule has 0 bridgehead atoms. The van der Waals surface area contributed by atoms with Crippen LogP contribution in [0.2, 0.25) is 0 Å². The molecule has 78 valence electrons. The molecule has 0 aliphatic heterocycles. The minimum Gasteiger partial charge on any atom is -0.313 e. The average Bonchev–Trinajstić information content (AvgIpc) is 2.02. The highest BCUT2D eigenvalue weighted by molar-refractivity contribution is 5.23. The monoisotopic (exact) mass is 192 g/mol. The third-order valence-corrected chi connectivity index (χ3v) is 2.44. The SMILES string of the molecule is CNC(c1cc(C)nc(C)c1)C(C)C. The lowest BCUT2D eigenvalue weighted by atomic mass is 9.96. The Hall–Kier alpha value is -0.890. The van der Waals surface area contributed by atoms with E-state index < -0.39 is 0 Å². The Morgan fingerprint density at radius 3 is 2.00 bits per heavy atom. The molecule has 0 aromatic carbocycles. The molecule has 1 unspecified atom stereocenters. The van der Waals surface area contributed by atoms with Crippen molar-refractivity contribution in [2.24, 2.45) is 5.92 Å². The standard InChI is InChI=1S/C12H20N2/c1-8(2)12(13-5)11-6-9(3)14-10(4)7-11/h6-8,12-13H,1-5H3. The first-order valence-corrected chi connectivity index (χ1v) is 5.17. The third kappa shape index (κ3) is 2.55. The van der Waals surface area contributed by atoms with Gasteiger partial charge in [-0.2, -0.15) is 0 Å². The first-order valence-electron chi connectivity index (χ1n) is 5.17. The first kappa shape index (κ1) is 11.2. The van der Waals surface area contributed by atoms with Crippen LogP contribution in [-0.2, 0) is 0 Å². The lowest BCUT2D eigenvalue weighted by Gasteiger charge is -2.21. The number of aromatic nitrogens is 1. The molecular weight excluding hydrogens is 172 g/mol. The van der Waals surface area contributed by atoms with Gasteiger partial charge < -0.3 is 5.32 Å². The zero-order valence-electron chi connectivity index (χ0n) is 9.76. The van der Waals surface area contributed by atoms with E-state index in [9.17, 15) is 0 Å². The topological polar surface area (TPSA) is 24.9 Å². The number of rotatable bonds is 3. The van der Waals surface area contributed by atoms with Crippen LogP contribution in [0.1, 0.15) is 36.8 Å². The summed E-state index contributed by atoms with van der Waals surface area (Å²) in [6, 6.07) is 4.75. The number of nitrogens with one attached hydrogen (secondary N) is 1. The van der Waals surface area contributed by atoms with Gasteiger partial charge in [0.05, 0.1) is 0 Å². The Balaban J connectivity index is 3.04. The highest BCUT2D eigenvalue weighted by atomic mass is 14.9. The first-order chi connectivity index (χ1) is 6.54. The van der Waals surface area contributed by atoms with Crippen molar-refractivity contribution in [1.82, 2.24) is 10.3 Å². The van der Waals surface area contributed by atoms with Crippen molar-refractivity contribution < 1.29 is 0 Å². The molecule has 0 radical (unpaired) electrons. The second-order valence-electron chi connectivity index (χ2n) is 4.19. The maximum absolute atomic E-state index is 4.38. The van der Waals surface area contributed by atoms with Crippen LogP contribution in [0.25, 0.3) is 0 Å². The summed E-state index contributed by atoms with van der Waals surface area (Å²) in [7, 11) is 2.01. The molecule has 1 aromatic rings. The van der Waals surface area contributed by atoms with Crippen LogP contribution in [-0.4, -0.2) is 12.0 Å². The van der Waals surface area contributed by atoms with Gasteiger partial charge in [-0.3, -0.25) is 4.98 Å². The number of aryl methyl sites for hydroxylation is 2. The van der Waals surface area contributed by atoms with Crippen molar-refractivity contribution in [2.45, 2.75) is 33.7 Å². The van der Waals surface area contributed by atoms with E-state index in [1.54, 1.807) is 0 Å². The van der Waals surface area contributed by atoms with Crippen LogP contribution in [0.4, 0.5) is 0 Å². The van der Waals surface area contributed by atoms with E-state index in [4.69, 9.17) is 0 Å². The second-order valence-corrected chi connectivity index (χ2v) is 4.19. The number of hydrogen-bond donors (Lipinski definition) is 1. The van der Waals surface area contributed by atoms with Gasteiger partial charge in [-0.05, 0) is 44.5 Å².